The zero-order valence-electron chi connectivity index (χ0n) is 18.7. The van der Waals surface area contributed by atoms with Crippen LogP contribution in [0.15, 0.2) is 53.0 Å². The van der Waals surface area contributed by atoms with Gasteiger partial charge in [-0.3, -0.25) is 4.79 Å². The zero-order chi connectivity index (χ0) is 25.9. The van der Waals surface area contributed by atoms with Crippen LogP contribution >= 0.6 is 57.6 Å². The first kappa shape index (κ1) is 26.9. The van der Waals surface area contributed by atoms with Crippen molar-refractivity contribution in [1.29, 1.82) is 0 Å². The third-order valence-electron chi connectivity index (χ3n) is 4.99. The number of rotatable bonds is 8. The number of nitrogens with zero attached hydrogens (tertiary/aromatic N) is 2. The molecule has 0 saturated heterocycles. The molecule has 12 heteroatoms. The number of thiazole rings is 2. The third kappa shape index (κ3) is 7.23. The van der Waals surface area contributed by atoms with Crippen LogP contribution in [0, 0.1) is 6.92 Å². The van der Waals surface area contributed by atoms with E-state index in [0.717, 1.165) is 37.5 Å². The van der Waals surface area contributed by atoms with E-state index in [2.05, 4.69) is 15.3 Å². The second kappa shape index (κ2) is 11.5. The molecule has 4 rings (SSSR count). The van der Waals surface area contributed by atoms with Crippen LogP contribution in [0.25, 0.3) is 0 Å². The highest BCUT2D eigenvalue weighted by Crippen LogP contribution is 2.32. The van der Waals surface area contributed by atoms with Crippen molar-refractivity contribution in [2.24, 2.45) is 0 Å². The number of nitrogens with one attached hydrogen (secondary N) is 1. The van der Waals surface area contributed by atoms with E-state index in [1.807, 2.05) is 13.0 Å². The van der Waals surface area contributed by atoms with E-state index in [1.54, 1.807) is 24.4 Å². The number of hydrogen-bond donors (Lipinski definition) is 1. The van der Waals surface area contributed by atoms with Crippen molar-refractivity contribution in [2.45, 2.75) is 30.3 Å². The Morgan fingerprint density at radius 1 is 1.11 bits per heavy atom. The fourth-order valence-electron chi connectivity index (χ4n) is 3.27. The van der Waals surface area contributed by atoms with Crippen LogP contribution < -0.4 is 5.32 Å². The number of carbonyl (C=O) groups is 1. The summed E-state index contributed by atoms with van der Waals surface area (Å²) >= 11 is 16.4. The molecule has 0 atom stereocenters. The van der Waals surface area contributed by atoms with Gasteiger partial charge in [0.05, 0.1) is 17.0 Å². The molecule has 0 aliphatic carbocycles. The highest BCUT2D eigenvalue weighted by atomic mass is 35.5. The minimum Gasteiger partial charge on any atom is -0.301 e. The van der Waals surface area contributed by atoms with Crippen molar-refractivity contribution in [1.82, 2.24) is 9.97 Å². The number of hydrogen-bond acceptors (Lipinski definition) is 6. The topological polar surface area (TPSA) is 54.9 Å². The highest BCUT2D eigenvalue weighted by Gasteiger charge is 2.30. The maximum atomic E-state index is 12.9. The number of benzene rings is 2. The molecule has 1 amide bonds. The molecule has 36 heavy (non-hydrogen) atoms. The van der Waals surface area contributed by atoms with Gasteiger partial charge in [0.25, 0.3) is 0 Å². The Labute approximate surface area is 227 Å². The molecule has 4 nitrogen and oxygen atoms in total. The normalized spacial score (nSPS) is 11.6. The summed E-state index contributed by atoms with van der Waals surface area (Å²) in [4.78, 5) is 22.9. The van der Waals surface area contributed by atoms with Crippen molar-refractivity contribution in [3.63, 3.8) is 0 Å². The van der Waals surface area contributed by atoms with Crippen LogP contribution in [0.3, 0.4) is 0 Å². The molecule has 0 fully saturated rings. The van der Waals surface area contributed by atoms with E-state index >= 15 is 0 Å². The van der Waals surface area contributed by atoms with Gasteiger partial charge in [-0.05, 0) is 42.3 Å². The van der Waals surface area contributed by atoms with Crippen molar-refractivity contribution < 1.29 is 18.0 Å². The Morgan fingerprint density at radius 3 is 2.69 bits per heavy atom. The quantitative estimate of drug-likeness (QED) is 0.211. The summed E-state index contributed by atoms with van der Waals surface area (Å²) in [6.07, 6.45) is -1.93. The molecule has 0 aliphatic heterocycles. The van der Waals surface area contributed by atoms with Gasteiger partial charge >= 0.3 is 6.18 Å². The summed E-state index contributed by atoms with van der Waals surface area (Å²) < 4.78 is 39.5. The predicted molar refractivity (Wildman–Crippen MR) is 142 cm³/mol. The summed E-state index contributed by atoms with van der Waals surface area (Å²) in [5.74, 6) is -0.0976. The third-order valence-corrected chi connectivity index (χ3v) is 8.81. The number of aromatic nitrogens is 2. The first-order valence-corrected chi connectivity index (χ1v) is 13.9. The number of aryl methyl sites for hydroxylation is 1. The maximum absolute atomic E-state index is 12.9. The Bertz CT molecular complexity index is 1390. The van der Waals surface area contributed by atoms with Crippen LogP contribution in [0.1, 0.15) is 32.1 Å². The van der Waals surface area contributed by atoms with Crippen LogP contribution in [0.5, 0.6) is 0 Å². The molecule has 0 unspecified atom stereocenters. The number of amides is 1. The summed E-state index contributed by atoms with van der Waals surface area (Å²) in [7, 11) is 0. The molecule has 0 spiro atoms. The molecule has 2 aromatic carbocycles. The maximum Gasteiger partial charge on any atom is 0.416 e. The lowest BCUT2D eigenvalue weighted by Gasteiger charge is -2.07. The zero-order valence-corrected chi connectivity index (χ0v) is 22.6. The lowest BCUT2D eigenvalue weighted by Crippen LogP contribution is -2.13. The van der Waals surface area contributed by atoms with E-state index < -0.39 is 11.7 Å². The van der Waals surface area contributed by atoms with Crippen molar-refractivity contribution in [3.8, 4) is 0 Å². The lowest BCUT2D eigenvalue weighted by atomic mass is 10.1. The first-order chi connectivity index (χ1) is 17.1. The largest absolute Gasteiger partial charge is 0.416 e. The second-order valence-corrected chi connectivity index (χ2v) is 12.0. The number of carbonyl (C=O) groups excluding carboxylic acids is 1. The number of alkyl halides is 3. The summed E-state index contributed by atoms with van der Waals surface area (Å²) in [5, 5.41) is 4.39. The second-order valence-electron chi connectivity index (χ2n) is 7.74. The van der Waals surface area contributed by atoms with E-state index in [9.17, 15) is 18.0 Å². The molecular formula is C24H18Cl2F3N3OS3. The van der Waals surface area contributed by atoms with Gasteiger partial charge in [-0.1, -0.05) is 53.2 Å². The van der Waals surface area contributed by atoms with E-state index in [1.165, 1.54) is 40.5 Å². The minimum atomic E-state index is -4.39. The van der Waals surface area contributed by atoms with Gasteiger partial charge in [0.1, 0.15) is 0 Å². The van der Waals surface area contributed by atoms with Crippen molar-refractivity contribution in [2.75, 3.05) is 11.1 Å². The fraction of sp³-hybridized carbons (Fsp3) is 0.208. The summed E-state index contributed by atoms with van der Waals surface area (Å²) in [6, 6.07) is 10.5. The number of halogens is 5. The van der Waals surface area contributed by atoms with Gasteiger partial charge in [0.15, 0.2) is 9.47 Å². The van der Waals surface area contributed by atoms with Crippen molar-refractivity contribution >= 4 is 68.7 Å². The van der Waals surface area contributed by atoms with E-state index in [-0.39, 0.29) is 11.7 Å². The van der Waals surface area contributed by atoms with Crippen LogP contribution in [-0.2, 0) is 23.8 Å². The number of anilines is 1. The highest BCUT2D eigenvalue weighted by molar-refractivity contribution is 8.01. The Kier molecular flexibility index (Phi) is 8.62. The summed E-state index contributed by atoms with van der Waals surface area (Å²) in [5.41, 5.74) is 1.62. The molecule has 4 aromatic rings. The SMILES string of the molecule is Cc1nc(SCC(=O)Nc2ncc(Cc3cccc(C(F)(F)F)c3)s2)sc1Cc1cc(Cl)ccc1Cl. The van der Waals surface area contributed by atoms with Gasteiger partial charge in [-0.25, -0.2) is 9.97 Å². The Balaban J connectivity index is 1.31. The Hall–Kier alpha value is -2.11. The minimum absolute atomic E-state index is 0.146. The standard InChI is InChI=1S/C24H18Cl2F3N3OS3/c1-13-20(10-15-9-17(25)5-6-19(15)26)36-23(31-13)34-12-21(33)32-22-30-11-18(35-22)8-14-3-2-4-16(7-14)24(27,28)29/h2-7,9,11H,8,10,12H2,1H3,(H,30,32,33). The van der Waals surface area contributed by atoms with E-state index in [0.29, 0.717) is 33.6 Å². The molecule has 0 bridgehead atoms. The molecular weight excluding hydrogens is 570 g/mol. The monoisotopic (exact) mass is 587 g/mol. The van der Waals surface area contributed by atoms with Crippen LogP contribution in [0.4, 0.5) is 18.3 Å². The van der Waals surface area contributed by atoms with Gasteiger partial charge in [-0.15, -0.1) is 22.7 Å². The molecule has 2 aromatic heterocycles. The first-order valence-electron chi connectivity index (χ1n) is 10.5. The molecule has 188 valence electrons. The van der Waals surface area contributed by atoms with Crippen molar-refractivity contribution in [3.05, 3.63) is 90.8 Å². The lowest BCUT2D eigenvalue weighted by molar-refractivity contribution is -0.137. The molecule has 0 aliphatic rings. The summed E-state index contributed by atoms with van der Waals surface area (Å²) in [6.45, 7) is 1.91. The van der Waals surface area contributed by atoms with Gasteiger partial charge < -0.3 is 5.32 Å². The Morgan fingerprint density at radius 2 is 1.92 bits per heavy atom. The average Bonchev–Trinajstić information content (AvgIpc) is 3.40. The van der Waals surface area contributed by atoms with Gasteiger partial charge in [0, 0.05) is 38.8 Å². The average molecular weight is 589 g/mol. The van der Waals surface area contributed by atoms with Crippen LogP contribution in [0.2, 0.25) is 10.0 Å². The molecule has 1 N–H and O–H groups in total. The number of thioether (sulfide) groups is 1. The van der Waals surface area contributed by atoms with Crippen LogP contribution in [-0.4, -0.2) is 21.6 Å². The fourth-order valence-corrected chi connectivity index (χ4v) is 6.57. The molecule has 0 radical (unpaired) electrons. The van der Waals surface area contributed by atoms with E-state index in [4.69, 9.17) is 23.2 Å². The molecule has 0 saturated carbocycles. The van der Waals surface area contributed by atoms with Gasteiger partial charge in [0.2, 0.25) is 5.91 Å². The molecule has 2 heterocycles. The van der Waals surface area contributed by atoms with Gasteiger partial charge in [-0.2, -0.15) is 13.2 Å². The predicted octanol–water partition coefficient (Wildman–Crippen LogP) is 8.15. The smallest absolute Gasteiger partial charge is 0.301 e.